The van der Waals surface area contributed by atoms with Crippen LogP contribution in [0.2, 0.25) is 0 Å². The SMILES string of the molecule is CC(=O)c1ccc(NCc2ccc3sc(B4OC(C)(C)C(C)(C)O4)cc3c2)cc1. The van der Waals surface area contributed by atoms with Gasteiger partial charge in [0.05, 0.1) is 11.2 Å². The van der Waals surface area contributed by atoms with E-state index in [0.29, 0.717) is 0 Å². The quantitative estimate of drug-likeness (QED) is 0.477. The average Bonchev–Trinajstić information content (AvgIpc) is 3.17. The molecule has 29 heavy (non-hydrogen) atoms. The molecule has 150 valence electrons. The van der Waals surface area contributed by atoms with Crippen molar-refractivity contribution in [2.45, 2.75) is 52.4 Å². The van der Waals surface area contributed by atoms with E-state index < -0.39 is 0 Å². The number of rotatable bonds is 5. The van der Waals surface area contributed by atoms with E-state index in [2.05, 4.69) is 57.3 Å². The molecular formula is C23H26BNO3S. The van der Waals surface area contributed by atoms with Crippen LogP contribution in [-0.4, -0.2) is 24.1 Å². The third-order valence-corrected chi connectivity index (χ3v) is 7.01. The first kappa shape index (κ1) is 20.1. The Labute approximate surface area is 176 Å². The monoisotopic (exact) mass is 407 g/mol. The second-order valence-corrected chi connectivity index (χ2v) is 9.71. The minimum atomic E-state index is -0.332. The van der Waals surface area contributed by atoms with Crippen LogP contribution in [0.15, 0.2) is 48.5 Å². The molecule has 4 rings (SSSR count). The van der Waals surface area contributed by atoms with Gasteiger partial charge in [0, 0.05) is 27.3 Å². The Bertz CT molecular complexity index is 1040. The van der Waals surface area contributed by atoms with Crippen LogP contribution >= 0.6 is 11.3 Å². The first-order valence-electron chi connectivity index (χ1n) is 9.87. The van der Waals surface area contributed by atoms with Crippen LogP contribution in [0.5, 0.6) is 0 Å². The maximum atomic E-state index is 11.4. The van der Waals surface area contributed by atoms with Gasteiger partial charge in [0.1, 0.15) is 0 Å². The molecular weight excluding hydrogens is 381 g/mol. The van der Waals surface area contributed by atoms with Crippen molar-refractivity contribution in [3.63, 3.8) is 0 Å². The van der Waals surface area contributed by atoms with Crippen LogP contribution in [0.25, 0.3) is 10.1 Å². The third kappa shape index (κ3) is 3.97. The average molecular weight is 407 g/mol. The van der Waals surface area contributed by atoms with Crippen LogP contribution in [0.3, 0.4) is 0 Å². The number of carbonyl (C=O) groups excluding carboxylic acids is 1. The van der Waals surface area contributed by atoms with Gasteiger partial charge in [-0.3, -0.25) is 4.79 Å². The van der Waals surface area contributed by atoms with E-state index >= 15 is 0 Å². The fourth-order valence-electron chi connectivity index (χ4n) is 3.33. The van der Waals surface area contributed by atoms with Gasteiger partial charge in [0.2, 0.25) is 0 Å². The first-order valence-corrected chi connectivity index (χ1v) is 10.7. The Morgan fingerprint density at radius 1 is 1.00 bits per heavy atom. The van der Waals surface area contributed by atoms with Crippen molar-refractivity contribution in [2.24, 2.45) is 0 Å². The molecule has 1 N–H and O–H groups in total. The third-order valence-electron chi connectivity index (χ3n) is 5.87. The summed E-state index contributed by atoms with van der Waals surface area (Å²) in [5.41, 5.74) is 2.26. The van der Waals surface area contributed by atoms with Crippen molar-refractivity contribution >= 4 is 44.8 Å². The lowest BCUT2D eigenvalue weighted by atomic mass is 9.87. The van der Waals surface area contributed by atoms with Crippen LogP contribution in [0.1, 0.15) is 50.5 Å². The molecule has 0 radical (unpaired) electrons. The zero-order chi connectivity index (χ0) is 20.8. The molecule has 0 aliphatic carbocycles. The minimum Gasteiger partial charge on any atom is -0.399 e. The zero-order valence-electron chi connectivity index (χ0n) is 17.5. The Kier molecular flexibility index (Phi) is 5.05. The summed E-state index contributed by atoms with van der Waals surface area (Å²) in [6.07, 6.45) is 0. The summed E-state index contributed by atoms with van der Waals surface area (Å²) in [6, 6.07) is 16.3. The van der Waals surface area contributed by atoms with E-state index in [0.717, 1.165) is 22.6 Å². The van der Waals surface area contributed by atoms with Crippen LogP contribution in [0.4, 0.5) is 5.69 Å². The van der Waals surface area contributed by atoms with Gasteiger partial charge < -0.3 is 14.6 Å². The van der Waals surface area contributed by atoms with Gasteiger partial charge in [-0.15, -0.1) is 11.3 Å². The molecule has 0 atom stereocenters. The lowest BCUT2D eigenvalue weighted by Gasteiger charge is -2.32. The van der Waals surface area contributed by atoms with Crippen molar-refractivity contribution in [3.05, 3.63) is 59.7 Å². The largest absolute Gasteiger partial charge is 0.505 e. The summed E-state index contributed by atoms with van der Waals surface area (Å²) in [7, 11) is -0.321. The van der Waals surface area contributed by atoms with E-state index in [-0.39, 0.29) is 24.1 Å². The summed E-state index contributed by atoms with van der Waals surface area (Å²) in [4.78, 5) is 11.4. The van der Waals surface area contributed by atoms with E-state index in [9.17, 15) is 4.79 Å². The number of thiophene rings is 1. The summed E-state index contributed by atoms with van der Waals surface area (Å²) in [5, 5.41) is 4.62. The van der Waals surface area contributed by atoms with Crippen LogP contribution < -0.4 is 10.1 Å². The molecule has 6 heteroatoms. The Morgan fingerprint density at radius 3 is 2.28 bits per heavy atom. The normalized spacial score (nSPS) is 17.6. The molecule has 0 spiro atoms. The maximum absolute atomic E-state index is 11.4. The van der Waals surface area contributed by atoms with Gasteiger partial charge >= 0.3 is 7.12 Å². The number of benzene rings is 2. The Hall–Kier alpha value is -2.15. The molecule has 0 amide bonds. The highest BCUT2D eigenvalue weighted by Crippen LogP contribution is 2.37. The Balaban J connectivity index is 1.48. The maximum Gasteiger partial charge on any atom is 0.505 e. The highest BCUT2D eigenvalue weighted by Gasteiger charge is 2.52. The number of hydrogen-bond donors (Lipinski definition) is 1. The number of carbonyl (C=O) groups is 1. The smallest absolute Gasteiger partial charge is 0.399 e. The molecule has 2 aromatic carbocycles. The van der Waals surface area contributed by atoms with Crippen LogP contribution in [0, 0.1) is 0 Å². The molecule has 1 aliphatic heterocycles. The number of hydrogen-bond acceptors (Lipinski definition) is 5. The Morgan fingerprint density at radius 2 is 1.66 bits per heavy atom. The van der Waals surface area contributed by atoms with Gasteiger partial charge in [-0.05, 0) is 88.0 Å². The van der Waals surface area contributed by atoms with Gasteiger partial charge in [0.25, 0.3) is 0 Å². The lowest BCUT2D eigenvalue weighted by molar-refractivity contribution is 0.00578. The topological polar surface area (TPSA) is 47.6 Å². The predicted octanol–water partition coefficient (Wildman–Crippen LogP) is 5.02. The molecule has 1 aliphatic rings. The lowest BCUT2D eigenvalue weighted by Crippen LogP contribution is -2.41. The van der Waals surface area contributed by atoms with Gasteiger partial charge in [0.15, 0.2) is 5.78 Å². The first-order chi connectivity index (χ1) is 13.6. The standard InChI is InChI=1S/C23H26BNO3S/c1-15(26)17-7-9-19(10-8-17)25-14-16-6-11-20-18(12-16)13-21(29-20)24-27-22(2,3)23(4,5)28-24/h6-13,25H,14H2,1-5H3. The molecule has 3 aromatic rings. The number of anilines is 1. The second-order valence-electron chi connectivity index (χ2n) is 8.60. The summed E-state index contributed by atoms with van der Waals surface area (Å²) < 4.78 is 14.7. The number of Topliss-reactive ketones (excluding diaryl/α,β-unsaturated/α-hetero) is 1. The highest BCUT2D eigenvalue weighted by atomic mass is 32.1. The predicted molar refractivity (Wildman–Crippen MR) is 121 cm³/mol. The molecule has 1 fully saturated rings. The minimum absolute atomic E-state index is 0.0808. The number of fused-ring (bicyclic) bond motifs is 1. The summed E-state index contributed by atoms with van der Waals surface area (Å²) in [6.45, 7) is 10.6. The van der Waals surface area contributed by atoms with Crippen molar-refractivity contribution in [1.29, 1.82) is 0 Å². The molecule has 4 nitrogen and oxygen atoms in total. The van der Waals surface area contributed by atoms with Crippen LogP contribution in [-0.2, 0) is 15.9 Å². The molecule has 0 saturated carbocycles. The fraction of sp³-hybridized carbons (Fsp3) is 0.348. The van der Waals surface area contributed by atoms with E-state index in [1.165, 1.54) is 15.6 Å². The van der Waals surface area contributed by atoms with Crippen molar-refractivity contribution < 1.29 is 14.1 Å². The second kappa shape index (κ2) is 7.28. The fourth-order valence-corrected chi connectivity index (χ4v) is 4.33. The van der Waals surface area contributed by atoms with Crippen molar-refractivity contribution in [3.8, 4) is 0 Å². The van der Waals surface area contributed by atoms with E-state index in [4.69, 9.17) is 9.31 Å². The van der Waals surface area contributed by atoms with E-state index in [1.54, 1.807) is 18.3 Å². The highest BCUT2D eigenvalue weighted by molar-refractivity contribution is 7.28. The molecule has 0 bridgehead atoms. The summed E-state index contributed by atoms with van der Waals surface area (Å²) in [5.74, 6) is 0.0808. The molecule has 1 saturated heterocycles. The van der Waals surface area contributed by atoms with E-state index in [1.807, 2.05) is 24.3 Å². The van der Waals surface area contributed by atoms with Crippen molar-refractivity contribution in [1.82, 2.24) is 0 Å². The molecule has 1 aromatic heterocycles. The van der Waals surface area contributed by atoms with Gasteiger partial charge in [-0.2, -0.15) is 0 Å². The van der Waals surface area contributed by atoms with Gasteiger partial charge in [-0.1, -0.05) is 6.07 Å². The van der Waals surface area contributed by atoms with Crippen molar-refractivity contribution in [2.75, 3.05) is 5.32 Å². The molecule has 2 heterocycles. The van der Waals surface area contributed by atoms with Gasteiger partial charge in [-0.25, -0.2) is 0 Å². The molecule has 0 unspecified atom stereocenters. The number of nitrogens with one attached hydrogen (secondary N) is 1. The summed E-state index contributed by atoms with van der Waals surface area (Å²) >= 11 is 1.72. The zero-order valence-corrected chi connectivity index (χ0v) is 18.4. The number of ketones is 1.